The Labute approximate surface area is 165 Å². The van der Waals surface area contributed by atoms with Crippen LogP contribution in [0.3, 0.4) is 0 Å². The minimum absolute atomic E-state index is 0.264. The van der Waals surface area contributed by atoms with E-state index in [9.17, 15) is 4.79 Å². The maximum atomic E-state index is 12.3. The number of aryl methyl sites for hydroxylation is 1. The number of carbonyl (C=O) groups is 1. The highest BCUT2D eigenvalue weighted by atomic mass is 16.6. The van der Waals surface area contributed by atoms with E-state index in [1.165, 1.54) is 0 Å². The zero-order valence-electron chi connectivity index (χ0n) is 16.5. The molecule has 0 saturated heterocycles. The topological polar surface area (TPSA) is 57.1 Å². The SMILES string of the molecule is CCCCOc1ccc(/C=C2\N=C(c3ccccc3C)OC2=O)cc1OCC. The average molecular weight is 379 g/mol. The van der Waals surface area contributed by atoms with Crippen molar-refractivity contribution in [1.82, 2.24) is 0 Å². The Balaban J connectivity index is 1.86. The van der Waals surface area contributed by atoms with E-state index >= 15 is 0 Å². The lowest BCUT2D eigenvalue weighted by Crippen LogP contribution is -2.06. The fourth-order valence-electron chi connectivity index (χ4n) is 2.82. The third kappa shape index (κ3) is 4.60. The van der Waals surface area contributed by atoms with Gasteiger partial charge in [-0.3, -0.25) is 0 Å². The Bertz CT molecular complexity index is 915. The molecule has 0 aromatic heterocycles. The molecule has 1 aliphatic heterocycles. The van der Waals surface area contributed by atoms with Gasteiger partial charge in [0.15, 0.2) is 17.2 Å². The van der Waals surface area contributed by atoms with Crippen molar-refractivity contribution in [3.63, 3.8) is 0 Å². The zero-order chi connectivity index (χ0) is 19.9. The molecule has 5 nitrogen and oxygen atoms in total. The van der Waals surface area contributed by atoms with E-state index in [1.54, 1.807) is 6.08 Å². The number of cyclic esters (lactones) is 1. The Morgan fingerprint density at radius 1 is 1.07 bits per heavy atom. The second-order valence-electron chi connectivity index (χ2n) is 6.49. The van der Waals surface area contributed by atoms with Crippen molar-refractivity contribution < 1.29 is 19.0 Å². The molecule has 0 atom stereocenters. The van der Waals surface area contributed by atoms with Gasteiger partial charge in [-0.05, 0) is 55.7 Å². The van der Waals surface area contributed by atoms with Crippen LogP contribution < -0.4 is 9.47 Å². The van der Waals surface area contributed by atoms with Crippen molar-refractivity contribution in [1.29, 1.82) is 0 Å². The van der Waals surface area contributed by atoms with Crippen LogP contribution in [0.2, 0.25) is 0 Å². The van der Waals surface area contributed by atoms with Crippen LogP contribution >= 0.6 is 0 Å². The van der Waals surface area contributed by atoms with Gasteiger partial charge >= 0.3 is 5.97 Å². The third-order valence-electron chi connectivity index (χ3n) is 4.32. The van der Waals surface area contributed by atoms with Crippen LogP contribution in [0.15, 0.2) is 53.2 Å². The van der Waals surface area contributed by atoms with Crippen molar-refractivity contribution in [2.45, 2.75) is 33.6 Å². The second-order valence-corrected chi connectivity index (χ2v) is 6.49. The Hall–Kier alpha value is -3.08. The molecule has 0 saturated carbocycles. The maximum Gasteiger partial charge on any atom is 0.363 e. The third-order valence-corrected chi connectivity index (χ3v) is 4.32. The molecule has 0 fully saturated rings. The molecule has 0 N–H and O–H groups in total. The molecule has 0 unspecified atom stereocenters. The predicted octanol–water partition coefficient (Wildman–Crippen LogP) is 4.92. The molecule has 146 valence electrons. The van der Waals surface area contributed by atoms with Gasteiger partial charge in [-0.25, -0.2) is 9.79 Å². The first-order valence-corrected chi connectivity index (χ1v) is 9.60. The van der Waals surface area contributed by atoms with E-state index in [2.05, 4.69) is 11.9 Å². The number of nitrogens with zero attached hydrogens (tertiary/aromatic N) is 1. The van der Waals surface area contributed by atoms with Crippen molar-refractivity contribution in [2.24, 2.45) is 4.99 Å². The van der Waals surface area contributed by atoms with Crippen molar-refractivity contribution in [2.75, 3.05) is 13.2 Å². The summed E-state index contributed by atoms with van der Waals surface area (Å²) < 4.78 is 16.9. The molecule has 5 heteroatoms. The molecular weight excluding hydrogens is 354 g/mol. The fourth-order valence-corrected chi connectivity index (χ4v) is 2.82. The first-order chi connectivity index (χ1) is 13.6. The minimum atomic E-state index is -0.459. The molecule has 2 aromatic carbocycles. The lowest BCUT2D eigenvalue weighted by molar-refractivity contribution is -0.129. The summed E-state index contributed by atoms with van der Waals surface area (Å²) in [7, 11) is 0. The van der Waals surface area contributed by atoms with Crippen LogP contribution in [0, 0.1) is 6.92 Å². The number of esters is 1. The largest absolute Gasteiger partial charge is 0.490 e. The van der Waals surface area contributed by atoms with Gasteiger partial charge < -0.3 is 14.2 Å². The number of unbranched alkanes of at least 4 members (excludes halogenated alkanes) is 1. The molecule has 0 aliphatic carbocycles. The van der Waals surface area contributed by atoms with Crippen LogP contribution in [0.5, 0.6) is 11.5 Å². The van der Waals surface area contributed by atoms with Crippen molar-refractivity contribution in [3.8, 4) is 11.5 Å². The quantitative estimate of drug-likeness (QED) is 0.371. The number of ether oxygens (including phenoxy) is 3. The average Bonchev–Trinajstić information content (AvgIpc) is 3.04. The molecule has 0 radical (unpaired) electrons. The van der Waals surface area contributed by atoms with Crippen molar-refractivity contribution >= 4 is 17.9 Å². The Morgan fingerprint density at radius 2 is 1.89 bits per heavy atom. The van der Waals surface area contributed by atoms with Gasteiger partial charge in [0.25, 0.3) is 0 Å². The normalized spacial score (nSPS) is 14.8. The lowest BCUT2D eigenvalue weighted by atomic mass is 10.1. The molecule has 2 aromatic rings. The summed E-state index contributed by atoms with van der Waals surface area (Å²) in [6, 6.07) is 13.3. The van der Waals surface area contributed by atoms with Gasteiger partial charge in [0.05, 0.1) is 13.2 Å². The summed E-state index contributed by atoms with van der Waals surface area (Å²) >= 11 is 0. The molecule has 0 amide bonds. The Morgan fingerprint density at radius 3 is 2.64 bits per heavy atom. The van der Waals surface area contributed by atoms with E-state index < -0.39 is 5.97 Å². The molecule has 3 rings (SSSR count). The van der Waals surface area contributed by atoms with Crippen LogP contribution in [0.4, 0.5) is 0 Å². The number of carbonyl (C=O) groups excluding carboxylic acids is 1. The van der Waals surface area contributed by atoms with Crippen molar-refractivity contribution in [3.05, 3.63) is 64.9 Å². The molecule has 0 spiro atoms. The number of rotatable bonds is 8. The maximum absolute atomic E-state index is 12.3. The highest BCUT2D eigenvalue weighted by Crippen LogP contribution is 2.30. The second kappa shape index (κ2) is 9.22. The van der Waals surface area contributed by atoms with Gasteiger partial charge in [-0.15, -0.1) is 0 Å². The number of benzene rings is 2. The lowest BCUT2D eigenvalue weighted by Gasteiger charge is -2.12. The van der Waals surface area contributed by atoms with Crippen LogP contribution in [-0.4, -0.2) is 25.1 Å². The fraction of sp³-hybridized carbons (Fsp3) is 0.304. The summed E-state index contributed by atoms with van der Waals surface area (Å²) in [6.07, 6.45) is 3.75. The standard InChI is InChI=1S/C23H25NO4/c1-4-6-13-27-20-12-11-17(15-21(20)26-5-2)14-19-23(25)28-22(24-19)18-10-8-7-9-16(18)3/h7-12,14-15H,4-6,13H2,1-3H3/b19-14-. The molecule has 28 heavy (non-hydrogen) atoms. The zero-order valence-corrected chi connectivity index (χ0v) is 16.5. The van der Waals surface area contributed by atoms with E-state index in [4.69, 9.17) is 14.2 Å². The monoisotopic (exact) mass is 379 g/mol. The molecular formula is C23H25NO4. The highest BCUT2D eigenvalue weighted by molar-refractivity contribution is 6.13. The summed E-state index contributed by atoms with van der Waals surface area (Å²) in [6.45, 7) is 7.18. The first-order valence-electron chi connectivity index (χ1n) is 9.60. The van der Waals surface area contributed by atoms with Gasteiger partial charge in [0.2, 0.25) is 5.90 Å². The van der Waals surface area contributed by atoms with E-state index in [0.717, 1.165) is 29.5 Å². The minimum Gasteiger partial charge on any atom is -0.490 e. The van der Waals surface area contributed by atoms with Gasteiger partial charge in [0, 0.05) is 5.56 Å². The van der Waals surface area contributed by atoms with Gasteiger partial charge in [0.1, 0.15) is 0 Å². The predicted molar refractivity (Wildman–Crippen MR) is 110 cm³/mol. The van der Waals surface area contributed by atoms with Gasteiger partial charge in [-0.2, -0.15) is 0 Å². The van der Waals surface area contributed by atoms with Crippen LogP contribution in [0.1, 0.15) is 43.4 Å². The smallest absolute Gasteiger partial charge is 0.363 e. The van der Waals surface area contributed by atoms with E-state index in [-0.39, 0.29) is 5.70 Å². The van der Waals surface area contributed by atoms with E-state index in [0.29, 0.717) is 30.6 Å². The molecule has 1 heterocycles. The number of hydrogen-bond acceptors (Lipinski definition) is 5. The Kier molecular flexibility index (Phi) is 6.48. The molecule has 0 bridgehead atoms. The summed E-state index contributed by atoms with van der Waals surface area (Å²) in [5.41, 5.74) is 2.88. The number of aliphatic imine (C=N–C) groups is 1. The number of hydrogen-bond donors (Lipinski definition) is 0. The van der Waals surface area contributed by atoms with Crippen LogP contribution in [0.25, 0.3) is 6.08 Å². The molecule has 1 aliphatic rings. The van der Waals surface area contributed by atoms with Gasteiger partial charge in [-0.1, -0.05) is 37.6 Å². The first kappa shape index (κ1) is 19.7. The summed E-state index contributed by atoms with van der Waals surface area (Å²) in [4.78, 5) is 16.7. The summed E-state index contributed by atoms with van der Waals surface area (Å²) in [5, 5.41) is 0. The van der Waals surface area contributed by atoms with E-state index in [1.807, 2.05) is 56.3 Å². The summed E-state index contributed by atoms with van der Waals surface area (Å²) in [5.74, 6) is 1.23. The highest BCUT2D eigenvalue weighted by Gasteiger charge is 2.25. The van der Waals surface area contributed by atoms with Crippen LogP contribution in [-0.2, 0) is 9.53 Å².